The van der Waals surface area contributed by atoms with Crippen LogP contribution in [-0.4, -0.2) is 27.8 Å². The highest BCUT2D eigenvalue weighted by atomic mass is 32.1. The van der Waals surface area contributed by atoms with Crippen LogP contribution in [0.3, 0.4) is 0 Å². The molecular weight excluding hydrogens is 300 g/mol. The number of methoxy groups -OCH3 is 1. The maximum atomic E-state index is 12.4. The number of rotatable bonds is 4. The minimum absolute atomic E-state index is 0.200. The van der Waals surface area contributed by atoms with Crippen molar-refractivity contribution in [2.75, 3.05) is 12.4 Å². The van der Waals surface area contributed by atoms with E-state index < -0.39 is 0 Å². The number of hydrogen-bond acceptors (Lipinski definition) is 5. The monoisotopic (exact) mass is 316 g/mol. The maximum absolute atomic E-state index is 12.4. The number of thiazole rings is 1. The molecule has 0 aliphatic heterocycles. The van der Waals surface area contributed by atoms with Crippen LogP contribution in [0.25, 0.3) is 10.2 Å². The minimum Gasteiger partial charge on any atom is -0.497 e. The molecule has 2 aromatic heterocycles. The molecule has 0 bridgehead atoms. The van der Waals surface area contributed by atoms with Gasteiger partial charge < -0.3 is 4.74 Å². The summed E-state index contributed by atoms with van der Waals surface area (Å²) >= 11 is 1.42. The Morgan fingerprint density at radius 2 is 2.23 bits per heavy atom. The molecule has 0 saturated heterocycles. The first-order valence-corrected chi connectivity index (χ1v) is 7.72. The third-order valence-corrected chi connectivity index (χ3v) is 4.18. The summed E-state index contributed by atoms with van der Waals surface area (Å²) in [6.07, 6.45) is 0. The number of ether oxygens (including phenoxy) is 1. The van der Waals surface area contributed by atoms with E-state index in [0.717, 1.165) is 21.7 Å². The fourth-order valence-corrected chi connectivity index (χ4v) is 3.11. The van der Waals surface area contributed by atoms with Gasteiger partial charge >= 0.3 is 0 Å². The Bertz CT molecular complexity index is 837. The van der Waals surface area contributed by atoms with E-state index >= 15 is 0 Å². The van der Waals surface area contributed by atoms with E-state index in [2.05, 4.69) is 15.4 Å². The Morgan fingerprint density at radius 1 is 1.41 bits per heavy atom. The molecule has 1 aromatic carbocycles. The highest BCUT2D eigenvalue weighted by Crippen LogP contribution is 2.29. The maximum Gasteiger partial charge on any atom is 0.275 e. The van der Waals surface area contributed by atoms with E-state index in [1.54, 1.807) is 17.9 Å². The molecule has 0 fully saturated rings. The molecule has 0 radical (unpaired) electrons. The third kappa shape index (κ3) is 2.67. The Kier molecular flexibility index (Phi) is 3.81. The number of nitrogens with zero attached hydrogens (tertiary/aromatic N) is 3. The summed E-state index contributed by atoms with van der Waals surface area (Å²) in [7, 11) is 1.62. The van der Waals surface area contributed by atoms with Crippen LogP contribution < -0.4 is 10.1 Å². The smallest absolute Gasteiger partial charge is 0.275 e. The fraction of sp³-hybridized carbons (Fsp3) is 0.267. The first kappa shape index (κ1) is 14.5. The molecule has 6 nitrogen and oxygen atoms in total. The summed E-state index contributed by atoms with van der Waals surface area (Å²) in [5.41, 5.74) is 2.19. The summed E-state index contributed by atoms with van der Waals surface area (Å²) < 4.78 is 7.84. The molecular formula is C15H16N4O2S. The predicted molar refractivity (Wildman–Crippen MR) is 86.8 cm³/mol. The molecule has 0 aliphatic rings. The van der Waals surface area contributed by atoms with Crippen LogP contribution in [0, 0.1) is 6.92 Å². The zero-order valence-electron chi connectivity index (χ0n) is 12.6. The lowest BCUT2D eigenvalue weighted by Crippen LogP contribution is -2.17. The molecule has 2 heterocycles. The van der Waals surface area contributed by atoms with Crippen molar-refractivity contribution in [3.05, 3.63) is 35.7 Å². The zero-order chi connectivity index (χ0) is 15.7. The second kappa shape index (κ2) is 5.76. The van der Waals surface area contributed by atoms with E-state index in [1.165, 1.54) is 11.3 Å². The Balaban J connectivity index is 1.87. The van der Waals surface area contributed by atoms with E-state index in [0.29, 0.717) is 17.4 Å². The van der Waals surface area contributed by atoms with E-state index in [-0.39, 0.29) is 5.91 Å². The van der Waals surface area contributed by atoms with Gasteiger partial charge in [-0.3, -0.25) is 14.8 Å². The molecule has 22 heavy (non-hydrogen) atoms. The van der Waals surface area contributed by atoms with Gasteiger partial charge in [-0.05, 0) is 38.1 Å². The molecule has 7 heteroatoms. The van der Waals surface area contributed by atoms with Crippen LogP contribution in [0.4, 0.5) is 5.13 Å². The van der Waals surface area contributed by atoms with Crippen LogP contribution >= 0.6 is 11.3 Å². The Hall–Kier alpha value is -2.41. The van der Waals surface area contributed by atoms with Crippen molar-refractivity contribution in [3.8, 4) is 5.75 Å². The number of aromatic nitrogens is 3. The quantitative estimate of drug-likeness (QED) is 0.803. The van der Waals surface area contributed by atoms with Crippen LogP contribution in [-0.2, 0) is 6.54 Å². The second-order valence-corrected chi connectivity index (χ2v) is 5.82. The lowest BCUT2D eigenvalue weighted by molar-refractivity contribution is 0.101. The van der Waals surface area contributed by atoms with Crippen molar-refractivity contribution >= 4 is 32.6 Å². The number of fused-ring (bicyclic) bond motifs is 1. The van der Waals surface area contributed by atoms with Gasteiger partial charge in [-0.25, -0.2) is 4.98 Å². The average Bonchev–Trinajstić information content (AvgIpc) is 3.08. The Morgan fingerprint density at radius 3 is 2.95 bits per heavy atom. The third-order valence-electron chi connectivity index (χ3n) is 3.25. The molecule has 0 unspecified atom stereocenters. The predicted octanol–water partition coefficient (Wildman–Crippen LogP) is 3.08. The fourth-order valence-electron chi connectivity index (χ4n) is 2.22. The summed E-state index contributed by atoms with van der Waals surface area (Å²) in [6.45, 7) is 4.47. The van der Waals surface area contributed by atoms with Gasteiger partial charge in [-0.1, -0.05) is 11.3 Å². The number of anilines is 1. The molecule has 0 saturated carbocycles. The standard InChI is InChI=1S/C15H16N4O2S/c1-4-19-12(7-9(2)18-19)14(20)17-15-16-11-6-5-10(21-3)8-13(11)22-15/h5-8H,4H2,1-3H3,(H,16,17,20). The summed E-state index contributed by atoms with van der Waals surface area (Å²) in [5, 5.41) is 7.68. The average molecular weight is 316 g/mol. The topological polar surface area (TPSA) is 69.0 Å². The van der Waals surface area contributed by atoms with Crippen molar-refractivity contribution in [3.63, 3.8) is 0 Å². The number of aryl methyl sites for hydroxylation is 2. The van der Waals surface area contributed by atoms with E-state index in [9.17, 15) is 4.79 Å². The van der Waals surface area contributed by atoms with Gasteiger partial charge in [0.15, 0.2) is 5.13 Å². The summed E-state index contributed by atoms with van der Waals surface area (Å²) in [5.74, 6) is 0.571. The number of carbonyl (C=O) groups is 1. The molecule has 1 amide bonds. The highest BCUT2D eigenvalue weighted by Gasteiger charge is 2.15. The summed E-state index contributed by atoms with van der Waals surface area (Å²) in [6, 6.07) is 7.40. The minimum atomic E-state index is -0.200. The van der Waals surface area contributed by atoms with Crippen molar-refractivity contribution in [2.24, 2.45) is 0 Å². The normalized spacial score (nSPS) is 10.9. The Labute approximate surface area is 131 Å². The number of benzene rings is 1. The van der Waals surface area contributed by atoms with Crippen molar-refractivity contribution in [2.45, 2.75) is 20.4 Å². The van der Waals surface area contributed by atoms with E-state index in [1.807, 2.05) is 32.0 Å². The van der Waals surface area contributed by atoms with Crippen LogP contribution in [0.5, 0.6) is 5.75 Å². The second-order valence-electron chi connectivity index (χ2n) is 4.79. The number of amides is 1. The summed E-state index contributed by atoms with van der Waals surface area (Å²) in [4.78, 5) is 16.8. The van der Waals surface area contributed by atoms with E-state index in [4.69, 9.17) is 4.74 Å². The van der Waals surface area contributed by atoms with Gasteiger partial charge in [-0.2, -0.15) is 5.10 Å². The molecule has 1 N–H and O–H groups in total. The SMILES string of the molecule is CCn1nc(C)cc1C(=O)Nc1nc2ccc(OC)cc2s1. The van der Waals surface area contributed by atoms with Gasteiger partial charge in [0.2, 0.25) is 0 Å². The molecule has 0 aliphatic carbocycles. The first-order chi connectivity index (χ1) is 10.6. The lowest BCUT2D eigenvalue weighted by atomic mass is 10.3. The number of carbonyl (C=O) groups excluding carboxylic acids is 1. The van der Waals surface area contributed by atoms with Gasteiger partial charge in [0, 0.05) is 6.54 Å². The van der Waals surface area contributed by atoms with Crippen molar-refractivity contribution in [1.82, 2.24) is 14.8 Å². The highest BCUT2D eigenvalue weighted by molar-refractivity contribution is 7.22. The van der Waals surface area contributed by atoms with Gasteiger partial charge in [0.1, 0.15) is 11.4 Å². The van der Waals surface area contributed by atoms with Gasteiger partial charge in [0.25, 0.3) is 5.91 Å². The molecule has 3 rings (SSSR count). The van der Waals surface area contributed by atoms with Crippen molar-refractivity contribution in [1.29, 1.82) is 0 Å². The molecule has 0 atom stereocenters. The van der Waals surface area contributed by atoms with Crippen molar-refractivity contribution < 1.29 is 9.53 Å². The molecule has 114 valence electrons. The largest absolute Gasteiger partial charge is 0.497 e. The number of nitrogens with one attached hydrogen (secondary N) is 1. The lowest BCUT2D eigenvalue weighted by Gasteiger charge is -2.03. The first-order valence-electron chi connectivity index (χ1n) is 6.91. The number of hydrogen-bond donors (Lipinski definition) is 1. The van der Waals surface area contributed by atoms with Gasteiger partial charge in [0.05, 0.1) is 23.0 Å². The van der Waals surface area contributed by atoms with Crippen LogP contribution in [0.2, 0.25) is 0 Å². The zero-order valence-corrected chi connectivity index (χ0v) is 13.4. The van der Waals surface area contributed by atoms with Crippen LogP contribution in [0.15, 0.2) is 24.3 Å². The van der Waals surface area contributed by atoms with Crippen LogP contribution in [0.1, 0.15) is 23.1 Å². The molecule has 3 aromatic rings. The van der Waals surface area contributed by atoms with Gasteiger partial charge in [-0.15, -0.1) is 0 Å². The molecule has 0 spiro atoms.